The molecule has 1 aliphatic carbocycles. The first-order valence-corrected chi connectivity index (χ1v) is 7.79. The second kappa shape index (κ2) is 5.54. The minimum absolute atomic E-state index is 0.696. The van der Waals surface area contributed by atoms with Crippen LogP contribution in [-0.4, -0.2) is 9.97 Å². The van der Waals surface area contributed by atoms with Crippen LogP contribution < -0.4 is 0 Å². The van der Waals surface area contributed by atoms with Crippen molar-refractivity contribution in [1.29, 1.82) is 0 Å². The van der Waals surface area contributed by atoms with Gasteiger partial charge in [0.2, 0.25) is 0 Å². The van der Waals surface area contributed by atoms with Crippen molar-refractivity contribution in [1.82, 2.24) is 9.97 Å². The van der Waals surface area contributed by atoms with Crippen molar-refractivity contribution >= 4 is 11.6 Å². The minimum atomic E-state index is 0.696. The van der Waals surface area contributed by atoms with Gasteiger partial charge >= 0.3 is 0 Å². The van der Waals surface area contributed by atoms with Crippen LogP contribution in [0.1, 0.15) is 17.7 Å². The first-order chi connectivity index (χ1) is 10.8. The predicted molar refractivity (Wildman–Crippen MR) is 88.8 cm³/mol. The SMILES string of the molecule is Clc1c[c]ccc1-c1cncc(-c2ccnc3c2CCC3)c1. The lowest BCUT2D eigenvalue weighted by atomic mass is 9.98. The monoisotopic (exact) mass is 305 g/mol. The Labute approximate surface area is 134 Å². The van der Waals surface area contributed by atoms with Crippen LogP contribution in [0.15, 0.2) is 48.9 Å². The van der Waals surface area contributed by atoms with Gasteiger partial charge in [0.25, 0.3) is 0 Å². The lowest BCUT2D eigenvalue weighted by Crippen LogP contribution is -1.93. The number of aryl methyl sites for hydroxylation is 1. The molecule has 0 unspecified atom stereocenters. The molecule has 3 aromatic rings. The quantitative estimate of drug-likeness (QED) is 0.682. The largest absolute Gasteiger partial charge is 0.263 e. The Morgan fingerprint density at radius 1 is 1.05 bits per heavy atom. The number of hydrogen-bond donors (Lipinski definition) is 0. The Kier molecular flexibility index (Phi) is 3.39. The molecule has 22 heavy (non-hydrogen) atoms. The number of pyridine rings is 2. The van der Waals surface area contributed by atoms with Gasteiger partial charge in [-0.2, -0.15) is 0 Å². The first kappa shape index (κ1) is 13.5. The topological polar surface area (TPSA) is 25.8 Å². The smallest absolute Gasteiger partial charge is 0.0491 e. The molecule has 2 heterocycles. The van der Waals surface area contributed by atoms with Gasteiger partial charge < -0.3 is 0 Å². The van der Waals surface area contributed by atoms with Gasteiger partial charge in [-0.3, -0.25) is 9.97 Å². The molecule has 0 atom stereocenters. The molecule has 0 aliphatic heterocycles. The highest BCUT2D eigenvalue weighted by molar-refractivity contribution is 6.33. The lowest BCUT2D eigenvalue weighted by Gasteiger charge is -2.10. The van der Waals surface area contributed by atoms with Crippen LogP contribution in [0.3, 0.4) is 0 Å². The molecule has 0 spiro atoms. The Morgan fingerprint density at radius 3 is 2.77 bits per heavy atom. The van der Waals surface area contributed by atoms with Gasteiger partial charge in [-0.05, 0) is 54.7 Å². The van der Waals surface area contributed by atoms with Crippen LogP contribution >= 0.6 is 11.6 Å². The van der Waals surface area contributed by atoms with Gasteiger partial charge in [0, 0.05) is 46.0 Å². The molecule has 0 bridgehead atoms. The fourth-order valence-electron chi connectivity index (χ4n) is 3.11. The molecule has 107 valence electrons. The van der Waals surface area contributed by atoms with Crippen LogP contribution in [0.2, 0.25) is 5.02 Å². The highest BCUT2D eigenvalue weighted by atomic mass is 35.5. The van der Waals surface area contributed by atoms with E-state index in [-0.39, 0.29) is 0 Å². The maximum atomic E-state index is 6.28. The van der Waals surface area contributed by atoms with E-state index < -0.39 is 0 Å². The number of hydrogen-bond acceptors (Lipinski definition) is 2. The van der Waals surface area contributed by atoms with E-state index in [1.165, 1.54) is 23.2 Å². The molecule has 4 rings (SSSR count). The van der Waals surface area contributed by atoms with Crippen molar-refractivity contribution in [2.75, 3.05) is 0 Å². The molecule has 3 heteroatoms. The molecule has 1 radical (unpaired) electrons. The van der Waals surface area contributed by atoms with E-state index in [4.69, 9.17) is 11.6 Å². The van der Waals surface area contributed by atoms with Gasteiger partial charge in [-0.25, -0.2) is 0 Å². The van der Waals surface area contributed by atoms with E-state index in [2.05, 4.69) is 28.2 Å². The molecule has 2 nitrogen and oxygen atoms in total. The molecule has 1 aliphatic rings. The third-order valence-electron chi connectivity index (χ3n) is 4.16. The van der Waals surface area contributed by atoms with Crippen LogP contribution in [0.5, 0.6) is 0 Å². The number of benzene rings is 1. The second-order valence-electron chi connectivity index (χ2n) is 5.51. The summed E-state index contributed by atoms with van der Waals surface area (Å²) in [5.41, 5.74) is 6.99. The summed E-state index contributed by atoms with van der Waals surface area (Å²) in [6, 6.07) is 12.9. The van der Waals surface area contributed by atoms with Crippen LogP contribution in [-0.2, 0) is 12.8 Å². The number of fused-ring (bicyclic) bond motifs is 1. The maximum absolute atomic E-state index is 6.28. The van der Waals surface area contributed by atoms with Gasteiger partial charge in [0.05, 0.1) is 0 Å². The van der Waals surface area contributed by atoms with E-state index in [0.717, 1.165) is 29.5 Å². The molecule has 0 saturated carbocycles. The van der Waals surface area contributed by atoms with E-state index in [1.54, 1.807) is 6.07 Å². The number of nitrogens with zero attached hydrogens (tertiary/aromatic N) is 2. The normalized spacial score (nSPS) is 13.1. The molecular weight excluding hydrogens is 292 g/mol. The number of rotatable bonds is 2. The molecule has 0 fully saturated rings. The minimum Gasteiger partial charge on any atom is -0.263 e. The summed E-state index contributed by atoms with van der Waals surface area (Å²) in [7, 11) is 0. The average molecular weight is 306 g/mol. The van der Waals surface area contributed by atoms with Crippen molar-refractivity contribution in [3.63, 3.8) is 0 Å². The third kappa shape index (κ3) is 2.30. The first-order valence-electron chi connectivity index (χ1n) is 7.41. The van der Waals surface area contributed by atoms with E-state index in [0.29, 0.717) is 5.02 Å². The summed E-state index contributed by atoms with van der Waals surface area (Å²) in [5.74, 6) is 0. The lowest BCUT2D eigenvalue weighted by molar-refractivity contribution is 0.899. The van der Waals surface area contributed by atoms with Gasteiger partial charge in [-0.15, -0.1) is 0 Å². The summed E-state index contributed by atoms with van der Waals surface area (Å²) in [6.07, 6.45) is 9.04. The Bertz CT molecular complexity index is 842. The van der Waals surface area contributed by atoms with Crippen molar-refractivity contribution in [3.05, 3.63) is 71.3 Å². The third-order valence-corrected chi connectivity index (χ3v) is 4.47. The maximum Gasteiger partial charge on any atom is 0.0491 e. The fourth-order valence-corrected chi connectivity index (χ4v) is 3.35. The Morgan fingerprint density at radius 2 is 1.91 bits per heavy atom. The zero-order valence-electron chi connectivity index (χ0n) is 12.0. The zero-order valence-corrected chi connectivity index (χ0v) is 12.8. The summed E-state index contributed by atoms with van der Waals surface area (Å²) in [4.78, 5) is 8.91. The molecule has 0 N–H and O–H groups in total. The summed E-state index contributed by atoms with van der Waals surface area (Å²) in [6.45, 7) is 0. The van der Waals surface area contributed by atoms with Crippen LogP contribution in [0, 0.1) is 6.07 Å². The second-order valence-corrected chi connectivity index (χ2v) is 5.91. The van der Waals surface area contributed by atoms with Crippen molar-refractivity contribution < 1.29 is 0 Å². The predicted octanol–water partition coefficient (Wildman–Crippen LogP) is 4.75. The van der Waals surface area contributed by atoms with Gasteiger partial charge in [0.15, 0.2) is 0 Å². The standard InChI is InChI=1S/C19H14ClN2/c20-18-6-2-1-4-16(18)14-10-13(11-21-12-14)15-8-9-22-19-7-3-5-17(15)19/h1,4,6,8-12H,3,5,7H2. The highest BCUT2D eigenvalue weighted by Crippen LogP contribution is 2.34. The van der Waals surface area contributed by atoms with Crippen LogP contribution in [0.4, 0.5) is 0 Å². The van der Waals surface area contributed by atoms with Crippen molar-refractivity contribution in [2.45, 2.75) is 19.3 Å². The number of halogens is 1. The van der Waals surface area contributed by atoms with Gasteiger partial charge in [-0.1, -0.05) is 23.7 Å². The Hall–Kier alpha value is -2.19. The summed E-state index contributed by atoms with van der Waals surface area (Å²) in [5, 5.41) is 0.696. The molecule has 1 aromatic carbocycles. The van der Waals surface area contributed by atoms with Gasteiger partial charge in [0.1, 0.15) is 0 Å². The average Bonchev–Trinajstić information content (AvgIpc) is 3.04. The fraction of sp³-hybridized carbons (Fsp3) is 0.158. The molecule has 0 amide bonds. The summed E-state index contributed by atoms with van der Waals surface area (Å²) >= 11 is 6.28. The van der Waals surface area contributed by atoms with Crippen LogP contribution in [0.25, 0.3) is 22.3 Å². The zero-order chi connectivity index (χ0) is 14.9. The van der Waals surface area contributed by atoms with E-state index >= 15 is 0 Å². The van der Waals surface area contributed by atoms with Crippen molar-refractivity contribution in [3.8, 4) is 22.3 Å². The number of aromatic nitrogens is 2. The molecule has 0 saturated heterocycles. The van der Waals surface area contributed by atoms with E-state index in [9.17, 15) is 0 Å². The Balaban J connectivity index is 1.84. The van der Waals surface area contributed by atoms with Crippen molar-refractivity contribution in [2.24, 2.45) is 0 Å². The summed E-state index contributed by atoms with van der Waals surface area (Å²) < 4.78 is 0. The molecule has 2 aromatic heterocycles. The molecular formula is C19H14ClN2. The highest BCUT2D eigenvalue weighted by Gasteiger charge is 2.17. The van der Waals surface area contributed by atoms with E-state index in [1.807, 2.05) is 30.7 Å².